The second-order valence-electron chi connectivity index (χ2n) is 7.50. The summed E-state index contributed by atoms with van der Waals surface area (Å²) in [6.07, 6.45) is 1.09. The molecule has 0 aliphatic carbocycles. The average molecular weight is 406 g/mol. The number of rotatable bonds is 6. The lowest BCUT2D eigenvalue weighted by Gasteiger charge is -2.17. The lowest BCUT2D eigenvalue weighted by atomic mass is 10.1. The molecule has 0 atom stereocenters. The molecule has 7 heteroatoms. The zero-order valence-electron chi connectivity index (χ0n) is 16.7. The maximum Gasteiger partial charge on any atom is 0.306 e. The van der Waals surface area contributed by atoms with E-state index in [1.807, 2.05) is 31.2 Å². The number of ether oxygens (including phenoxy) is 1. The zero-order chi connectivity index (χ0) is 21.3. The first kappa shape index (κ1) is 19.8. The maximum atomic E-state index is 12.4. The first-order valence-electron chi connectivity index (χ1n) is 9.96. The Labute approximate surface area is 174 Å². The first-order chi connectivity index (χ1) is 14.5. The SMILES string of the molecule is Cc1ccc2c(c1)C(=O)N(CCCC(=O)OCC(=O)N1CCc3ccccc31)C2=O. The van der Waals surface area contributed by atoms with E-state index in [1.54, 1.807) is 23.1 Å². The van der Waals surface area contributed by atoms with Crippen molar-refractivity contribution in [2.45, 2.75) is 26.2 Å². The lowest BCUT2D eigenvalue weighted by molar-refractivity contribution is -0.147. The highest BCUT2D eigenvalue weighted by Crippen LogP contribution is 2.27. The van der Waals surface area contributed by atoms with Gasteiger partial charge in [-0.3, -0.25) is 24.1 Å². The van der Waals surface area contributed by atoms with E-state index in [4.69, 9.17) is 4.74 Å². The number of carbonyl (C=O) groups excluding carboxylic acids is 4. The molecular formula is C23H22N2O5. The number of fused-ring (bicyclic) bond motifs is 2. The van der Waals surface area contributed by atoms with E-state index in [9.17, 15) is 19.2 Å². The minimum Gasteiger partial charge on any atom is -0.456 e. The summed E-state index contributed by atoms with van der Waals surface area (Å²) < 4.78 is 5.11. The molecule has 0 N–H and O–H groups in total. The van der Waals surface area contributed by atoms with Crippen molar-refractivity contribution in [3.63, 3.8) is 0 Å². The van der Waals surface area contributed by atoms with Crippen molar-refractivity contribution in [3.8, 4) is 0 Å². The molecular weight excluding hydrogens is 384 g/mol. The Morgan fingerprint density at radius 3 is 2.63 bits per heavy atom. The fourth-order valence-corrected chi connectivity index (χ4v) is 3.88. The summed E-state index contributed by atoms with van der Waals surface area (Å²) >= 11 is 0. The predicted molar refractivity (Wildman–Crippen MR) is 109 cm³/mol. The second kappa shape index (κ2) is 8.10. The Kier molecular flexibility index (Phi) is 5.35. The van der Waals surface area contributed by atoms with Crippen molar-refractivity contribution < 1.29 is 23.9 Å². The van der Waals surface area contributed by atoms with Crippen LogP contribution in [-0.4, -0.2) is 48.3 Å². The van der Waals surface area contributed by atoms with Crippen LogP contribution in [0.1, 0.15) is 44.7 Å². The number of nitrogens with zero attached hydrogens (tertiary/aromatic N) is 2. The quantitative estimate of drug-likeness (QED) is 0.544. The third-order valence-electron chi connectivity index (χ3n) is 5.43. The van der Waals surface area contributed by atoms with Gasteiger partial charge in [0.05, 0.1) is 11.1 Å². The molecule has 3 amide bonds. The van der Waals surface area contributed by atoms with E-state index in [0.717, 1.165) is 28.1 Å². The number of hydrogen-bond donors (Lipinski definition) is 0. The molecule has 2 aliphatic heterocycles. The van der Waals surface area contributed by atoms with Crippen molar-refractivity contribution in [2.75, 3.05) is 24.6 Å². The van der Waals surface area contributed by atoms with Crippen LogP contribution in [-0.2, 0) is 20.7 Å². The van der Waals surface area contributed by atoms with Crippen LogP contribution in [0.5, 0.6) is 0 Å². The molecule has 7 nitrogen and oxygen atoms in total. The predicted octanol–water partition coefficient (Wildman–Crippen LogP) is 2.50. The van der Waals surface area contributed by atoms with Gasteiger partial charge in [-0.2, -0.15) is 0 Å². The molecule has 2 aromatic carbocycles. The minimum atomic E-state index is -0.525. The summed E-state index contributed by atoms with van der Waals surface area (Å²) in [5.74, 6) is -1.46. The number of carbonyl (C=O) groups is 4. The Morgan fingerprint density at radius 1 is 1.03 bits per heavy atom. The van der Waals surface area contributed by atoms with Crippen molar-refractivity contribution in [1.29, 1.82) is 0 Å². The number of para-hydroxylation sites is 1. The molecule has 154 valence electrons. The molecule has 0 bridgehead atoms. The highest BCUT2D eigenvalue weighted by molar-refractivity contribution is 6.21. The third kappa shape index (κ3) is 3.70. The second-order valence-corrected chi connectivity index (χ2v) is 7.50. The fourth-order valence-electron chi connectivity index (χ4n) is 3.88. The van der Waals surface area contributed by atoms with Crippen molar-refractivity contribution >= 4 is 29.4 Å². The number of imide groups is 1. The topological polar surface area (TPSA) is 84.0 Å². The van der Waals surface area contributed by atoms with Gasteiger partial charge in [-0.25, -0.2) is 0 Å². The van der Waals surface area contributed by atoms with Crippen molar-refractivity contribution in [1.82, 2.24) is 4.90 Å². The molecule has 0 fully saturated rings. The first-order valence-corrected chi connectivity index (χ1v) is 9.96. The van der Waals surface area contributed by atoms with Crippen LogP contribution in [0.4, 0.5) is 5.69 Å². The van der Waals surface area contributed by atoms with Gasteiger partial charge in [-0.1, -0.05) is 29.8 Å². The van der Waals surface area contributed by atoms with Crippen LogP contribution in [0.2, 0.25) is 0 Å². The van der Waals surface area contributed by atoms with Gasteiger partial charge in [-0.15, -0.1) is 0 Å². The highest BCUT2D eigenvalue weighted by Gasteiger charge is 2.35. The number of hydrogen-bond acceptors (Lipinski definition) is 5. The molecule has 0 saturated carbocycles. The highest BCUT2D eigenvalue weighted by atomic mass is 16.5. The van der Waals surface area contributed by atoms with Crippen LogP contribution in [0.25, 0.3) is 0 Å². The minimum absolute atomic E-state index is 0.0241. The van der Waals surface area contributed by atoms with Crippen LogP contribution in [0.3, 0.4) is 0 Å². The molecule has 0 saturated heterocycles. The molecule has 30 heavy (non-hydrogen) atoms. The normalized spacial score (nSPS) is 14.7. The largest absolute Gasteiger partial charge is 0.456 e. The summed E-state index contributed by atoms with van der Waals surface area (Å²) in [6.45, 7) is 2.25. The number of benzene rings is 2. The van der Waals surface area contributed by atoms with Gasteiger partial charge in [0, 0.05) is 25.2 Å². The van der Waals surface area contributed by atoms with Crippen LogP contribution < -0.4 is 4.90 Å². The van der Waals surface area contributed by atoms with E-state index in [0.29, 0.717) is 17.7 Å². The number of anilines is 1. The van der Waals surface area contributed by atoms with E-state index in [2.05, 4.69) is 0 Å². The van der Waals surface area contributed by atoms with Gasteiger partial charge < -0.3 is 9.64 Å². The van der Waals surface area contributed by atoms with Crippen LogP contribution in [0, 0.1) is 6.92 Å². The summed E-state index contributed by atoms with van der Waals surface area (Å²) in [7, 11) is 0. The van der Waals surface area contributed by atoms with Crippen LogP contribution in [0.15, 0.2) is 42.5 Å². The van der Waals surface area contributed by atoms with Crippen molar-refractivity contribution in [3.05, 3.63) is 64.7 Å². The average Bonchev–Trinajstić information content (AvgIpc) is 3.27. The monoisotopic (exact) mass is 406 g/mol. The Bertz CT molecular complexity index is 1050. The molecule has 0 spiro atoms. The summed E-state index contributed by atoms with van der Waals surface area (Å²) in [4.78, 5) is 52.0. The molecule has 0 radical (unpaired) electrons. The number of aryl methyl sites for hydroxylation is 1. The lowest BCUT2D eigenvalue weighted by Crippen LogP contribution is -2.33. The summed E-state index contributed by atoms with van der Waals surface area (Å²) in [6, 6.07) is 12.8. The molecule has 2 aromatic rings. The number of esters is 1. The van der Waals surface area contributed by atoms with E-state index < -0.39 is 5.97 Å². The van der Waals surface area contributed by atoms with Gasteiger partial charge >= 0.3 is 5.97 Å². The van der Waals surface area contributed by atoms with Gasteiger partial charge in [-0.05, 0) is 43.5 Å². The summed E-state index contributed by atoms with van der Waals surface area (Å²) in [5, 5.41) is 0. The van der Waals surface area contributed by atoms with E-state index in [-0.39, 0.29) is 43.7 Å². The Morgan fingerprint density at radius 2 is 1.80 bits per heavy atom. The third-order valence-corrected chi connectivity index (χ3v) is 5.43. The molecule has 0 unspecified atom stereocenters. The molecule has 2 aliphatic rings. The smallest absolute Gasteiger partial charge is 0.306 e. The zero-order valence-corrected chi connectivity index (χ0v) is 16.7. The van der Waals surface area contributed by atoms with Gasteiger partial charge in [0.25, 0.3) is 17.7 Å². The van der Waals surface area contributed by atoms with Gasteiger partial charge in [0.2, 0.25) is 0 Å². The van der Waals surface area contributed by atoms with Gasteiger partial charge in [0.15, 0.2) is 6.61 Å². The Balaban J connectivity index is 1.24. The fraction of sp³-hybridized carbons (Fsp3) is 0.304. The molecule has 4 rings (SSSR count). The Hall–Kier alpha value is -3.48. The number of amides is 3. The van der Waals surface area contributed by atoms with Crippen LogP contribution >= 0.6 is 0 Å². The van der Waals surface area contributed by atoms with E-state index in [1.165, 1.54) is 0 Å². The summed E-state index contributed by atoms with van der Waals surface area (Å²) in [5.41, 5.74) is 3.67. The molecule has 2 heterocycles. The van der Waals surface area contributed by atoms with Gasteiger partial charge in [0.1, 0.15) is 0 Å². The maximum absolute atomic E-state index is 12.4. The molecule has 0 aromatic heterocycles. The standard InChI is InChI=1S/C23H22N2O5/c1-15-8-9-17-18(13-15)23(29)25(22(17)28)11-4-7-21(27)30-14-20(26)24-12-10-16-5-2-3-6-19(16)24/h2-3,5-6,8-9,13H,4,7,10-12,14H2,1H3. The van der Waals surface area contributed by atoms with Crippen molar-refractivity contribution in [2.24, 2.45) is 0 Å². The van der Waals surface area contributed by atoms with E-state index >= 15 is 0 Å².